The average molecular weight is 231 g/mol. The van der Waals surface area contributed by atoms with Crippen LogP contribution in [0.3, 0.4) is 0 Å². The van der Waals surface area contributed by atoms with E-state index >= 15 is 0 Å². The Kier molecular flexibility index (Phi) is 3.36. The third-order valence-corrected chi connectivity index (χ3v) is 1.64. The average Bonchev–Trinajstić information content (AvgIpc) is 2.04. The number of hydrogen-bond donors (Lipinski definition) is 0. The molecule has 0 aliphatic rings. The second-order valence-corrected chi connectivity index (χ2v) is 2.62. The molecule has 1 nitrogen and oxygen atoms in total. The number of nitrogens with zero attached hydrogens (tertiary/aromatic N) is 1. The predicted octanol–water partition coefficient (Wildman–Crippen LogP) is 2.34. The van der Waals surface area contributed by atoms with Crippen LogP contribution in [0.1, 0.15) is 5.56 Å². The smallest absolute Gasteiger partial charge is 0.00977 e. The zero-order chi connectivity index (χ0) is 7.68. The van der Waals surface area contributed by atoms with Gasteiger partial charge in [-0.2, -0.15) is 0 Å². The summed E-state index contributed by atoms with van der Waals surface area (Å²) in [5.74, 6) is 0. The number of aromatic nitrogens is 1. The van der Waals surface area contributed by atoms with E-state index in [2.05, 4.69) is 17.1 Å². The van der Waals surface area contributed by atoms with E-state index in [0.717, 1.165) is 10.9 Å². The normalized spacial score (nSPS) is 9.42. The molecule has 2 aromatic rings. The van der Waals surface area contributed by atoms with Crippen molar-refractivity contribution in [3.05, 3.63) is 42.1 Å². The SMILES string of the molecule is Cc1cnc2ccc[c-]c2c1.[Y]. The topological polar surface area (TPSA) is 12.9 Å². The Morgan fingerprint density at radius 1 is 1.42 bits per heavy atom. The molecule has 12 heavy (non-hydrogen) atoms. The van der Waals surface area contributed by atoms with Gasteiger partial charge >= 0.3 is 0 Å². The van der Waals surface area contributed by atoms with E-state index in [-0.39, 0.29) is 32.7 Å². The molecule has 0 N–H and O–H groups in total. The molecular formula is C10H8NY-. The van der Waals surface area contributed by atoms with Crippen molar-refractivity contribution in [3.8, 4) is 0 Å². The molecule has 1 aromatic heterocycles. The fourth-order valence-electron chi connectivity index (χ4n) is 1.11. The Labute approximate surface area is 97.1 Å². The summed E-state index contributed by atoms with van der Waals surface area (Å²) in [5, 5.41) is 1.09. The van der Waals surface area contributed by atoms with Gasteiger partial charge in [-0.1, -0.05) is 5.56 Å². The molecule has 1 heterocycles. The standard InChI is InChI=1S/C10H8N.Y/c1-8-6-9-4-2-3-5-10(9)11-7-8;/h2-3,5-7H,1H3;/q-1;. The van der Waals surface area contributed by atoms with Gasteiger partial charge in [-0.05, 0) is 12.4 Å². The monoisotopic (exact) mass is 231 g/mol. The summed E-state index contributed by atoms with van der Waals surface area (Å²) in [6.07, 6.45) is 1.87. The van der Waals surface area contributed by atoms with Crippen molar-refractivity contribution in [3.63, 3.8) is 0 Å². The Morgan fingerprint density at radius 2 is 2.25 bits per heavy atom. The number of fused-ring (bicyclic) bond motifs is 1. The molecule has 2 heteroatoms. The van der Waals surface area contributed by atoms with Gasteiger partial charge in [0.2, 0.25) is 0 Å². The third kappa shape index (κ3) is 1.91. The largest absolute Gasteiger partial charge is 0.306 e. The van der Waals surface area contributed by atoms with Gasteiger partial charge < -0.3 is 4.98 Å². The van der Waals surface area contributed by atoms with Crippen molar-refractivity contribution in [2.24, 2.45) is 0 Å². The quantitative estimate of drug-likeness (QED) is 0.634. The van der Waals surface area contributed by atoms with Crippen LogP contribution in [-0.4, -0.2) is 4.98 Å². The molecule has 2 rings (SSSR count). The number of rotatable bonds is 0. The number of benzene rings is 1. The van der Waals surface area contributed by atoms with Gasteiger partial charge in [0.15, 0.2) is 0 Å². The van der Waals surface area contributed by atoms with E-state index in [1.54, 1.807) is 0 Å². The van der Waals surface area contributed by atoms with Gasteiger partial charge in [-0.3, -0.25) is 0 Å². The van der Waals surface area contributed by atoms with Crippen LogP contribution in [0.5, 0.6) is 0 Å². The molecule has 0 saturated heterocycles. The summed E-state index contributed by atoms with van der Waals surface area (Å²) in [4.78, 5) is 4.25. The van der Waals surface area contributed by atoms with Crippen molar-refractivity contribution in [1.82, 2.24) is 4.98 Å². The Hall–Kier alpha value is -0.266. The van der Waals surface area contributed by atoms with E-state index in [1.807, 2.05) is 31.3 Å². The van der Waals surface area contributed by atoms with Crippen molar-refractivity contribution >= 4 is 10.9 Å². The van der Waals surface area contributed by atoms with Gasteiger partial charge in [-0.25, -0.2) is 0 Å². The van der Waals surface area contributed by atoms with Crippen LogP contribution in [0.25, 0.3) is 10.9 Å². The molecule has 0 aliphatic carbocycles. The first-order valence-electron chi connectivity index (χ1n) is 3.59. The number of aryl methyl sites for hydroxylation is 1. The summed E-state index contributed by atoms with van der Waals surface area (Å²) < 4.78 is 0. The molecule has 0 unspecified atom stereocenters. The summed E-state index contributed by atoms with van der Waals surface area (Å²) >= 11 is 0. The predicted molar refractivity (Wildman–Crippen MR) is 45.3 cm³/mol. The van der Waals surface area contributed by atoms with E-state index in [1.165, 1.54) is 5.56 Å². The summed E-state index contributed by atoms with van der Waals surface area (Å²) in [6, 6.07) is 11.1. The number of hydrogen-bond acceptors (Lipinski definition) is 1. The van der Waals surface area contributed by atoms with Crippen LogP contribution in [0, 0.1) is 13.0 Å². The molecule has 0 bridgehead atoms. The van der Waals surface area contributed by atoms with Gasteiger partial charge in [-0.15, -0.1) is 35.7 Å². The Morgan fingerprint density at radius 3 is 3.08 bits per heavy atom. The first kappa shape index (κ1) is 9.82. The molecule has 1 radical (unpaired) electrons. The maximum Gasteiger partial charge on any atom is 0.00977 e. The van der Waals surface area contributed by atoms with E-state index in [9.17, 15) is 0 Å². The van der Waals surface area contributed by atoms with E-state index in [0.29, 0.717) is 0 Å². The Balaban J connectivity index is 0.000000720. The van der Waals surface area contributed by atoms with E-state index < -0.39 is 0 Å². The zero-order valence-electron chi connectivity index (χ0n) is 6.91. The van der Waals surface area contributed by atoms with Gasteiger partial charge in [0.25, 0.3) is 0 Å². The van der Waals surface area contributed by atoms with Crippen LogP contribution >= 0.6 is 0 Å². The van der Waals surface area contributed by atoms with Crippen LogP contribution in [-0.2, 0) is 32.7 Å². The molecule has 0 spiro atoms. The molecule has 0 fully saturated rings. The van der Waals surface area contributed by atoms with Crippen LogP contribution in [0.2, 0.25) is 0 Å². The minimum atomic E-state index is 0. The van der Waals surface area contributed by atoms with Gasteiger partial charge in [0.05, 0.1) is 0 Å². The van der Waals surface area contributed by atoms with Crippen LogP contribution < -0.4 is 0 Å². The van der Waals surface area contributed by atoms with Crippen molar-refractivity contribution in [2.75, 3.05) is 0 Å². The Bertz CT molecular complexity index is 384. The van der Waals surface area contributed by atoms with Gasteiger partial charge in [0, 0.05) is 38.9 Å². The maximum atomic E-state index is 4.25. The second kappa shape index (κ2) is 4.11. The van der Waals surface area contributed by atoms with Crippen LogP contribution in [0.4, 0.5) is 0 Å². The fraction of sp³-hybridized carbons (Fsp3) is 0.100. The molecule has 0 atom stereocenters. The van der Waals surface area contributed by atoms with Crippen molar-refractivity contribution in [2.45, 2.75) is 6.92 Å². The van der Waals surface area contributed by atoms with Crippen molar-refractivity contribution < 1.29 is 32.7 Å². The zero-order valence-corrected chi connectivity index (χ0v) is 9.75. The molecule has 0 saturated carbocycles. The third-order valence-electron chi connectivity index (χ3n) is 1.64. The van der Waals surface area contributed by atoms with Crippen molar-refractivity contribution in [1.29, 1.82) is 0 Å². The maximum absolute atomic E-state index is 4.25. The fourth-order valence-corrected chi connectivity index (χ4v) is 1.11. The van der Waals surface area contributed by atoms with E-state index in [4.69, 9.17) is 0 Å². The molecule has 0 aliphatic heterocycles. The second-order valence-electron chi connectivity index (χ2n) is 2.62. The first-order valence-corrected chi connectivity index (χ1v) is 3.59. The number of pyridine rings is 1. The summed E-state index contributed by atoms with van der Waals surface area (Å²) in [7, 11) is 0. The molecule has 1 aromatic carbocycles. The summed E-state index contributed by atoms with van der Waals surface area (Å²) in [5.41, 5.74) is 2.19. The molecular weight excluding hydrogens is 223 g/mol. The summed E-state index contributed by atoms with van der Waals surface area (Å²) in [6.45, 7) is 2.04. The minimum absolute atomic E-state index is 0. The first-order chi connectivity index (χ1) is 5.36. The minimum Gasteiger partial charge on any atom is -0.306 e. The van der Waals surface area contributed by atoms with Crippen LogP contribution in [0.15, 0.2) is 30.5 Å². The van der Waals surface area contributed by atoms with Gasteiger partial charge in [0.1, 0.15) is 0 Å². The molecule has 57 valence electrons. The molecule has 0 amide bonds.